The van der Waals surface area contributed by atoms with E-state index >= 15 is 0 Å². The molecule has 2 aliphatic rings. The Morgan fingerprint density at radius 1 is 1.10 bits per heavy atom. The molecule has 4 rings (SSSR count). The van der Waals surface area contributed by atoms with Gasteiger partial charge in [0.15, 0.2) is 5.82 Å². The van der Waals surface area contributed by atoms with E-state index in [9.17, 15) is 35.9 Å². The van der Waals surface area contributed by atoms with Gasteiger partial charge < -0.3 is 0 Å². The van der Waals surface area contributed by atoms with Crippen LogP contribution in [0.2, 0.25) is 0 Å². The SMILES string of the molecule is O=C(/C=C\n1cnc(-c2cc(C(F)(F)F)cc(C(F)(F)F)c2)n1)NN1CC2C[C@H]2C1=O. The molecule has 2 aromatic rings. The molecule has 164 valence electrons. The quantitative estimate of drug-likeness (QED) is 0.580. The van der Waals surface area contributed by atoms with Crippen LogP contribution in [0.1, 0.15) is 17.5 Å². The van der Waals surface area contributed by atoms with Gasteiger partial charge in [0, 0.05) is 30.3 Å². The molecular weight excluding hydrogens is 432 g/mol. The van der Waals surface area contributed by atoms with Crippen LogP contribution in [0.25, 0.3) is 17.6 Å². The van der Waals surface area contributed by atoms with Gasteiger partial charge in [0.2, 0.25) is 5.91 Å². The van der Waals surface area contributed by atoms with Crippen LogP contribution in [0.4, 0.5) is 26.3 Å². The summed E-state index contributed by atoms with van der Waals surface area (Å²) in [5, 5.41) is 5.00. The number of nitrogens with zero attached hydrogens (tertiary/aromatic N) is 4. The van der Waals surface area contributed by atoms with Crippen molar-refractivity contribution in [1.82, 2.24) is 25.2 Å². The molecule has 0 bridgehead atoms. The highest BCUT2D eigenvalue weighted by Gasteiger charge is 2.52. The smallest absolute Gasteiger partial charge is 0.273 e. The number of nitrogens with one attached hydrogen (secondary N) is 1. The number of piperidine rings is 1. The van der Waals surface area contributed by atoms with Gasteiger partial charge >= 0.3 is 12.4 Å². The van der Waals surface area contributed by atoms with E-state index in [4.69, 9.17) is 0 Å². The van der Waals surface area contributed by atoms with E-state index in [0.29, 0.717) is 18.7 Å². The van der Waals surface area contributed by atoms with Crippen LogP contribution in [0, 0.1) is 11.8 Å². The highest BCUT2D eigenvalue weighted by Crippen LogP contribution is 2.45. The summed E-state index contributed by atoms with van der Waals surface area (Å²) in [5.41, 5.74) is -1.07. The van der Waals surface area contributed by atoms with E-state index < -0.39 is 40.8 Å². The van der Waals surface area contributed by atoms with Crippen LogP contribution >= 0.6 is 0 Å². The number of halogens is 6. The Balaban J connectivity index is 1.51. The second-order valence-corrected chi connectivity index (χ2v) is 7.19. The summed E-state index contributed by atoms with van der Waals surface area (Å²) in [6, 6.07) is 1.03. The average molecular weight is 445 g/mol. The Kier molecular flexibility index (Phi) is 4.78. The zero-order valence-electron chi connectivity index (χ0n) is 15.4. The summed E-state index contributed by atoms with van der Waals surface area (Å²) in [4.78, 5) is 27.4. The van der Waals surface area contributed by atoms with Gasteiger partial charge in [-0.15, -0.1) is 5.10 Å². The van der Waals surface area contributed by atoms with E-state index in [2.05, 4.69) is 15.5 Å². The van der Waals surface area contributed by atoms with E-state index in [1.807, 2.05) is 0 Å². The maximum atomic E-state index is 13.0. The summed E-state index contributed by atoms with van der Waals surface area (Å²) < 4.78 is 78.9. The molecule has 31 heavy (non-hydrogen) atoms. The molecular formula is C18H13F6N5O2. The van der Waals surface area contributed by atoms with Gasteiger partial charge in [0.1, 0.15) is 6.33 Å². The largest absolute Gasteiger partial charge is 0.416 e. The number of rotatable bonds is 4. The van der Waals surface area contributed by atoms with Gasteiger partial charge in [-0.25, -0.2) is 9.67 Å². The highest BCUT2D eigenvalue weighted by atomic mass is 19.4. The second kappa shape index (κ2) is 7.10. The third kappa shape index (κ3) is 4.39. The minimum Gasteiger partial charge on any atom is -0.273 e. The molecule has 1 saturated carbocycles. The fourth-order valence-electron chi connectivity index (χ4n) is 3.25. The first-order valence-corrected chi connectivity index (χ1v) is 8.93. The molecule has 13 heteroatoms. The topological polar surface area (TPSA) is 80.1 Å². The third-order valence-corrected chi connectivity index (χ3v) is 4.90. The number of benzene rings is 1. The van der Waals surface area contributed by atoms with Crippen LogP contribution in [-0.2, 0) is 21.9 Å². The first-order valence-electron chi connectivity index (χ1n) is 8.93. The van der Waals surface area contributed by atoms with Gasteiger partial charge in [0.05, 0.1) is 11.1 Å². The van der Waals surface area contributed by atoms with Crippen LogP contribution in [0.5, 0.6) is 0 Å². The van der Waals surface area contributed by atoms with Crippen molar-refractivity contribution in [2.75, 3.05) is 6.54 Å². The number of hydrogen-bond donors (Lipinski definition) is 1. The number of amides is 2. The Bertz CT molecular complexity index is 1040. The monoisotopic (exact) mass is 445 g/mol. The molecule has 0 radical (unpaired) electrons. The molecule has 2 heterocycles. The summed E-state index contributed by atoms with van der Waals surface area (Å²) in [5.74, 6) is -0.999. The molecule has 1 aromatic heterocycles. The number of carbonyl (C=O) groups is 2. The molecule has 1 saturated heterocycles. The van der Waals surface area contributed by atoms with Gasteiger partial charge in [-0.2, -0.15) is 26.3 Å². The van der Waals surface area contributed by atoms with Crippen molar-refractivity contribution in [2.24, 2.45) is 11.8 Å². The molecule has 2 fully saturated rings. The average Bonchev–Trinajstić information content (AvgIpc) is 3.16. The fourth-order valence-corrected chi connectivity index (χ4v) is 3.25. The molecule has 7 nitrogen and oxygen atoms in total. The Hall–Kier alpha value is -3.38. The van der Waals surface area contributed by atoms with Crippen LogP contribution in [0.15, 0.2) is 30.6 Å². The van der Waals surface area contributed by atoms with Crippen molar-refractivity contribution >= 4 is 18.0 Å². The summed E-state index contributed by atoms with van der Waals surface area (Å²) in [6.45, 7) is 0.424. The Labute approximate surface area is 170 Å². The van der Waals surface area contributed by atoms with E-state index in [0.717, 1.165) is 29.7 Å². The normalized spacial score (nSPS) is 21.0. The van der Waals surface area contributed by atoms with Crippen molar-refractivity contribution in [3.63, 3.8) is 0 Å². The van der Waals surface area contributed by atoms with Gasteiger partial charge in [-0.3, -0.25) is 20.0 Å². The lowest BCUT2D eigenvalue weighted by Crippen LogP contribution is -2.44. The number of fused-ring (bicyclic) bond motifs is 1. The molecule has 1 aliphatic carbocycles. The lowest BCUT2D eigenvalue weighted by Gasteiger charge is -2.17. The zero-order chi connectivity index (χ0) is 22.6. The molecule has 0 spiro atoms. The van der Waals surface area contributed by atoms with Crippen molar-refractivity contribution in [3.8, 4) is 11.4 Å². The summed E-state index contributed by atoms with van der Waals surface area (Å²) in [6.07, 6.45) is -6.06. The molecule has 1 aromatic carbocycles. The van der Waals surface area contributed by atoms with Crippen LogP contribution in [0.3, 0.4) is 0 Å². The van der Waals surface area contributed by atoms with Crippen molar-refractivity contribution in [1.29, 1.82) is 0 Å². The zero-order valence-corrected chi connectivity index (χ0v) is 15.4. The lowest BCUT2D eigenvalue weighted by molar-refractivity contribution is -0.143. The van der Waals surface area contributed by atoms with Crippen LogP contribution < -0.4 is 5.43 Å². The number of alkyl halides is 6. The predicted octanol–water partition coefficient (Wildman–Crippen LogP) is 2.96. The molecule has 2 amide bonds. The van der Waals surface area contributed by atoms with E-state index in [1.54, 1.807) is 0 Å². The minimum absolute atomic E-state index is 0.00827. The lowest BCUT2D eigenvalue weighted by atomic mass is 10.0. The maximum Gasteiger partial charge on any atom is 0.416 e. The van der Waals surface area contributed by atoms with E-state index in [1.165, 1.54) is 5.01 Å². The molecule has 1 aliphatic heterocycles. The predicted molar refractivity (Wildman–Crippen MR) is 92.2 cm³/mol. The second-order valence-electron chi connectivity index (χ2n) is 7.19. The highest BCUT2D eigenvalue weighted by molar-refractivity contribution is 5.93. The molecule has 1 unspecified atom stereocenters. The van der Waals surface area contributed by atoms with Gasteiger partial charge in [0.25, 0.3) is 5.91 Å². The number of hydrogen-bond acceptors (Lipinski definition) is 4. The first kappa shape index (κ1) is 20.9. The molecule has 2 atom stereocenters. The van der Waals surface area contributed by atoms with E-state index in [-0.39, 0.29) is 23.8 Å². The van der Waals surface area contributed by atoms with Crippen molar-refractivity contribution in [2.45, 2.75) is 18.8 Å². The number of hydrazine groups is 1. The van der Waals surface area contributed by atoms with Crippen molar-refractivity contribution < 1.29 is 35.9 Å². The molecule has 1 N–H and O–H groups in total. The number of aromatic nitrogens is 3. The maximum absolute atomic E-state index is 13.0. The van der Waals surface area contributed by atoms with Crippen molar-refractivity contribution in [3.05, 3.63) is 41.7 Å². The first-order chi connectivity index (χ1) is 14.4. The third-order valence-electron chi connectivity index (χ3n) is 4.90. The standard InChI is InChI=1S/C18H13F6N5O2/c19-17(20,21)11-3-9(4-12(6-11)18(22,23)24)15-25-8-28(27-15)2-1-14(30)26-29-7-10-5-13(10)16(29)31/h1-4,6,8,10,13H,5,7H2,(H,26,30)/b2-1-/t10?,13-/m1/s1. The number of carbonyl (C=O) groups excluding carboxylic acids is 2. The summed E-state index contributed by atoms with van der Waals surface area (Å²) in [7, 11) is 0. The van der Waals surface area contributed by atoms with Crippen LogP contribution in [-0.4, -0.2) is 38.1 Å². The van der Waals surface area contributed by atoms with Gasteiger partial charge in [-0.05, 0) is 30.5 Å². The Morgan fingerprint density at radius 3 is 2.29 bits per heavy atom. The Morgan fingerprint density at radius 2 is 1.74 bits per heavy atom. The fraction of sp³-hybridized carbons (Fsp3) is 0.333. The van der Waals surface area contributed by atoms with Gasteiger partial charge in [-0.1, -0.05) is 0 Å². The summed E-state index contributed by atoms with van der Waals surface area (Å²) >= 11 is 0. The minimum atomic E-state index is -5.00.